The summed E-state index contributed by atoms with van der Waals surface area (Å²) in [6.07, 6.45) is 1.08. The van der Waals surface area contributed by atoms with Gasteiger partial charge in [-0.2, -0.15) is 0 Å². The average molecular weight is 282 g/mol. The van der Waals surface area contributed by atoms with E-state index in [-0.39, 0.29) is 5.41 Å². The number of nitrogens with one attached hydrogen (secondary N) is 1. The maximum atomic E-state index is 12.3. The molecular weight excluding hydrogens is 260 g/mol. The summed E-state index contributed by atoms with van der Waals surface area (Å²) in [6.45, 7) is 6.98. The van der Waals surface area contributed by atoms with Crippen LogP contribution in [0.2, 0.25) is 0 Å². The quantitative estimate of drug-likeness (QED) is 0.864. The van der Waals surface area contributed by atoms with E-state index >= 15 is 0 Å². The highest BCUT2D eigenvalue weighted by atomic mass is 32.2. The van der Waals surface area contributed by atoms with Crippen molar-refractivity contribution in [2.75, 3.05) is 6.54 Å². The summed E-state index contributed by atoms with van der Waals surface area (Å²) in [7, 11) is -3.43. The fourth-order valence-corrected chi connectivity index (χ4v) is 3.65. The van der Waals surface area contributed by atoms with Crippen molar-refractivity contribution in [2.45, 2.75) is 38.6 Å². The monoisotopic (exact) mass is 282 g/mol. The molecule has 4 nitrogen and oxygen atoms in total. The minimum absolute atomic E-state index is 0.274. The second-order valence-corrected chi connectivity index (χ2v) is 7.78. The van der Waals surface area contributed by atoms with Gasteiger partial charge >= 0.3 is 0 Å². The molecule has 2 rings (SSSR count). The van der Waals surface area contributed by atoms with Gasteiger partial charge in [0.15, 0.2) is 0 Å². The van der Waals surface area contributed by atoms with Crippen LogP contribution in [0.3, 0.4) is 0 Å². The van der Waals surface area contributed by atoms with Crippen LogP contribution in [0.1, 0.15) is 31.4 Å². The lowest BCUT2D eigenvalue weighted by atomic mass is 10.1. The van der Waals surface area contributed by atoms with Crippen molar-refractivity contribution in [3.05, 3.63) is 29.3 Å². The molecule has 0 amide bonds. The summed E-state index contributed by atoms with van der Waals surface area (Å²) < 4.78 is 27.3. The number of hydrogen-bond acceptors (Lipinski definition) is 3. The van der Waals surface area contributed by atoms with Crippen LogP contribution in [0.15, 0.2) is 23.1 Å². The first-order valence-electron chi connectivity index (χ1n) is 6.55. The molecule has 0 aliphatic heterocycles. The zero-order valence-electron chi connectivity index (χ0n) is 11.7. The van der Waals surface area contributed by atoms with E-state index < -0.39 is 10.0 Å². The van der Waals surface area contributed by atoms with Gasteiger partial charge in [-0.25, -0.2) is 13.1 Å². The third kappa shape index (κ3) is 3.16. The van der Waals surface area contributed by atoms with Gasteiger partial charge in [-0.15, -0.1) is 0 Å². The molecule has 1 aromatic rings. The summed E-state index contributed by atoms with van der Waals surface area (Å²) in [6, 6.07) is 5.33. The van der Waals surface area contributed by atoms with Crippen molar-refractivity contribution in [1.82, 2.24) is 4.72 Å². The zero-order valence-corrected chi connectivity index (χ0v) is 12.5. The number of rotatable bonds is 5. The van der Waals surface area contributed by atoms with E-state index in [9.17, 15) is 8.42 Å². The molecule has 0 bridgehead atoms. The first-order valence-corrected chi connectivity index (χ1v) is 8.04. The van der Waals surface area contributed by atoms with E-state index in [1.54, 1.807) is 19.1 Å². The van der Waals surface area contributed by atoms with Crippen LogP contribution in [-0.2, 0) is 16.6 Å². The molecular formula is C14H22N2O2S. The molecule has 0 aromatic heterocycles. The predicted molar refractivity (Wildman–Crippen MR) is 76.1 cm³/mol. The third-order valence-corrected chi connectivity index (χ3v) is 5.58. The van der Waals surface area contributed by atoms with E-state index in [4.69, 9.17) is 5.73 Å². The molecule has 0 radical (unpaired) electrons. The van der Waals surface area contributed by atoms with Gasteiger partial charge in [0.25, 0.3) is 0 Å². The number of nitrogens with two attached hydrogens (primary N) is 1. The Balaban J connectivity index is 2.15. The normalized spacial score (nSPS) is 21.4. The Morgan fingerprint density at radius 2 is 2.05 bits per heavy atom. The fraction of sp³-hybridized carbons (Fsp3) is 0.571. The first-order chi connectivity index (χ1) is 8.76. The maximum Gasteiger partial charge on any atom is 0.240 e. The van der Waals surface area contributed by atoms with Gasteiger partial charge < -0.3 is 5.73 Å². The van der Waals surface area contributed by atoms with E-state index in [0.29, 0.717) is 23.9 Å². The molecule has 1 aliphatic carbocycles. The Hall–Kier alpha value is -0.910. The van der Waals surface area contributed by atoms with Gasteiger partial charge in [0, 0.05) is 13.1 Å². The van der Waals surface area contributed by atoms with Crippen LogP contribution in [0, 0.1) is 18.3 Å². The van der Waals surface area contributed by atoms with Crippen LogP contribution < -0.4 is 10.5 Å². The van der Waals surface area contributed by atoms with Crippen LogP contribution in [0.4, 0.5) is 0 Å². The van der Waals surface area contributed by atoms with Crippen molar-refractivity contribution < 1.29 is 8.42 Å². The molecule has 0 spiro atoms. The van der Waals surface area contributed by atoms with Crippen LogP contribution in [0.25, 0.3) is 0 Å². The van der Waals surface area contributed by atoms with Crippen molar-refractivity contribution in [3.8, 4) is 0 Å². The van der Waals surface area contributed by atoms with Gasteiger partial charge in [0.05, 0.1) is 4.90 Å². The highest BCUT2D eigenvalue weighted by Gasteiger charge is 2.45. The summed E-state index contributed by atoms with van der Waals surface area (Å²) in [4.78, 5) is 0.342. The Morgan fingerprint density at radius 1 is 1.42 bits per heavy atom. The van der Waals surface area contributed by atoms with Gasteiger partial charge in [0.2, 0.25) is 10.0 Å². The van der Waals surface area contributed by atoms with E-state index in [1.165, 1.54) is 0 Å². The topological polar surface area (TPSA) is 72.2 Å². The Morgan fingerprint density at radius 3 is 2.58 bits per heavy atom. The number of benzene rings is 1. The second-order valence-electron chi connectivity index (χ2n) is 6.05. The lowest BCUT2D eigenvalue weighted by Crippen LogP contribution is -2.27. The van der Waals surface area contributed by atoms with Gasteiger partial charge in [0.1, 0.15) is 0 Å². The molecule has 1 unspecified atom stereocenters. The van der Waals surface area contributed by atoms with Crippen molar-refractivity contribution >= 4 is 10.0 Å². The maximum absolute atomic E-state index is 12.3. The van der Waals surface area contributed by atoms with Crippen LogP contribution in [-0.4, -0.2) is 15.0 Å². The predicted octanol–water partition coefficient (Wildman–Crippen LogP) is 1.78. The third-order valence-electron chi connectivity index (χ3n) is 4.02. The zero-order chi connectivity index (χ0) is 14.3. The molecule has 0 heterocycles. The summed E-state index contributed by atoms with van der Waals surface area (Å²) >= 11 is 0. The van der Waals surface area contributed by atoms with Gasteiger partial charge in [-0.3, -0.25) is 0 Å². The molecule has 1 aliphatic rings. The van der Waals surface area contributed by atoms with Crippen LogP contribution >= 0.6 is 0 Å². The Bertz CT molecular complexity index is 579. The number of aryl methyl sites for hydroxylation is 1. The molecule has 19 heavy (non-hydrogen) atoms. The van der Waals surface area contributed by atoms with E-state index in [2.05, 4.69) is 18.6 Å². The van der Waals surface area contributed by atoms with E-state index in [0.717, 1.165) is 17.5 Å². The fourth-order valence-electron chi connectivity index (χ4n) is 2.27. The van der Waals surface area contributed by atoms with Crippen LogP contribution in [0.5, 0.6) is 0 Å². The second kappa shape index (κ2) is 4.89. The Kier molecular flexibility index (Phi) is 3.73. The minimum Gasteiger partial charge on any atom is -0.326 e. The standard InChI is InChI=1S/C14H22N2O2S/c1-10-4-5-11(8-15)6-13(10)19(17,18)16-9-12-7-14(12,2)3/h4-6,12,16H,7-9,15H2,1-3H3. The summed E-state index contributed by atoms with van der Waals surface area (Å²) in [5.74, 6) is 0.445. The van der Waals surface area contributed by atoms with E-state index in [1.807, 2.05) is 6.07 Å². The number of hydrogen-bond donors (Lipinski definition) is 2. The highest BCUT2D eigenvalue weighted by molar-refractivity contribution is 7.89. The Labute approximate surface area is 115 Å². The molecule has 5 heteroatoms. The van der Waals surface area contributed by atoms with Gasteiger partial charge in [-0.1, -0.05) is 26.0 Å². The lowest BCUT2D eigenvalue weighted by molar-refractivity contribution is 0.537. The van der Waals surface area contributed by atoms with Gasteiger partial charge in [-0.05, 0) is 41.9 Å². The first kappa shape index (κ1) is 14.5. The SMILES string of the molecule is Cc1ccc(CN)cc1S(=O)(=O)NCC1CC1(C)C. The molecule has 1 atom stereocenters. The molecule has 3 N–H and O–H groups in total. The highest BCUT2D eigenvalue weighted by Crippen LogP contribution is 2.51. The molecule has 0 saturated heterocycles. The number of sulfonamides is 1. The summed E-state index contributed by atoms with van der Waals surface area (Å²) in [5, 5.41) is 0. The average Bonchev–Trinajstić information content (AvgIpc) is 2.95. The summed E-state index contributed by atoms with van der Waals surface area (Å²) in [5.41, 5.74) is 7.42. The smallest absolute Gasteiger partial charge is 0.240 e. The van der Waals surface area contributed by atoms with Crippen molar-refractivity contribution in [2.24, 2.45) is 17.1 Å². The molecule has 1 saturated carbocycles. The van der Waals surface area contributed by atoms with Crippen molar-refractivity contribution in [1.29, 1.82) is 0 Å². The lowest BCUT2D eigenvalue weighted by Gasteiger charge is -2.11. The largest absolute Gasteiger partial charge is 0.326 e. The molecule has 1 fully saturated rings. The van der Waals surface area contributed by atoms with Crippen molar-refractivity contribution in [3.63, 3.8) is 0 Å². The minimum atomic E-state index is -3.43. The molecule has 106 valence electrons. The molecule has 1 aromatic carbocycles.